The highest BCUT2D eigenvalue weighted by molar-refractivity contribution is 7.22. The van der Waals surface area contributed by atoms with E-state index in [4.69, 9.17) is 9.47 Å². The van der Waals surface area contributed by atoms with Gasteiger partial charge in [0.15, 0.2) is 5.75 Å². The van der Waals surface area contributed by atoms with E-state index in [2.05, 4.69) is 56.3 Å². The Morgan fingerprint density at radius 1 is 0.731 bits per heavy atom. The standard InChI is InChI=1S/C23H20O2S/c1-15-4-7-17(8-5-15)23-22(20-13-6-16(2)14-21(20)26-23)25-19-11-9-18(24-3)10-12-19/h4-14H,1-3H3. The highest BCUT2D eigenvalue weighted by Gasteiger charge is 2.16. The first kappa shape index (κ1) is 16.7. The maximum Gasteiger partial charge on any atom is 0.153 e. The van der Waals surface area contributed by atoms with Gasteiger partial charge in [0.1, 0.15) is 11.5 Å². The molecule has 0 aliphatic rings. The van der Waals surface area contributed by atoms with Crippen LogP contribution in [0.3, 0.4) is 0 Å². The molecule has 0 saturated heterocycles. The van der Waals surface area contributed by atoms with Crippen LogP contribution in [-0.2, 0) is 0 Å². The summed E-state index contributed by atoms with van der Waals surface area (Å²) in [5, 5.41) is 1.15. The Balaban J connectivity index is 1.84. The lowest BCUT2D eigenvalue weighted by Crippen LogP contribution is -1.87. The minimum absolute atomic E-state index is 0.805. The van der Waals surface area contributed by atoms with Crippen molar-refractivity contribution in [3.8, 4) is 27.7 Å². The molecular weight excluding hydrogens is 340 g/mol. The largest absolute Gasteiger partial charge is 0.497 e. The minimum Gasteiger partial charge on any atom is -0.497 e. The number of hydrogen-bond acceptors (Lipinski definition) is 3. The Bertz CT molecular complexity index is 1040. The smallest absolute Gasteiger partial charge is 0.153 e. The topological polar surface area (TPSA) is 18.5 Å². The van der Waals surface area contributed by atoms with E-state index in [1.807, 2.05) is 24.3 Å². The maximum absolute atomic E-state index is 6.34. The van der Waals surface area contributed by atoms with Gasteiger partial charge in [0.05, 0.1) is 12.0 Å². The molecule has 1 aromatic heterocycles. The Hall–Kier alpha value is -2.78. The molecule has 0 aliphatic carbocycles. The molecule has 4 aromatic rings. The highest BCUT2D eigenvalue weighted by Crippen LogP contribution is 2.46. The van der Waals surface area contributed by atoms with Crippen LogP contribution in [0.1, 0.15) is 11.1 Å². The van der Waals surface area contributed by atoms with Gasteiger partial charge in [-0.1, -0.05) is 35.9 Å². The van der Waals surface area contributed by atoms with Crippen molar-refractivity contribution in [1.29, 1.82) is 0 Å². The summed E-state index contributed by atoms with van der Waals surface area (Å²) >= 11 is 1.77. The van der Waals surface area contributed by atoms with Crippen LogP contribution in [-0.4, -0.2) is 7.11 Å². The summed E-state index contributed by atoms with van der Waals surface area (Å²) in [5.41, 5.74) is 3.69. The predicted octanol–water partition coefficient (Wildman–Crippen LogP) is 6.99. The van der Waals surface area contributed by atoms with Gasteiger partial charge in [0.25, 0.3) is 0 Å². The van der Waals surface area contributed by atoms with Gasteiger partial charge in [-0.2, -0.15) is 0 Å². The number of fused-ring (bicyclic) bond motifs is 1. The van der Waals surface area contributed by atoms with Gasteiger partial charge in [-0.3, -0.25) is 0 Å². The van der Waals surface area contributed by atoms with E-state index in [-0.39, 0.29) is 0 Å². The fourth-order valence-corrected chi connectivity index (χ4v) is 4.17. The molecule has 0 radical (unpaired) electrons. The van der Waals surface area contributed by atoms with Crippen LogP contribution >= 0.6 is 11.3 Å². The lowest BCUT2D eigenvalue weighted by atomic mass is 10.1. The molecule has 0 saturated carbocycles. The van der Waals surface area contributed by atoms with Crippen molar-refractivity contribution in [2.24, 2.45) is 0 Å². The molecule has 0 fully saturated rings. The SMILES string of the molecule is COc1ccc(Oc2c(-c3ccc(C)cc3)sc3cc(C)ccc23)cc1. The van der Waals surface area contributed by atoms with Crippen molar-refractivity contribution in [2.75, 3.05) is 7.11 Å². The molecule has 130 valence electrons. The van der Waals surface area contributed by atoms with E-state index >= 15 is 0 Å². The van der Waals surface area contributed by atoms with E-state index in [0.29, 0.717) is 0 Å². The first-order valence-corrected chi connectivity index (χ1v) is 9.38. The van der Waals surface area contributed by atoms with Gasteiger partial charge in [0.2, 0.25) is 0 Å². The Labute approximate surface area is 157 Å². The van der Waals surface area contributed by atoms with Crippen LogP contribution < -0.4 is 9.47 Å². The number of thiophene rings is 1. The molecule has 0 amide bonds. The molecule has 26 heavy (non-hydrogen) atoms. The fraction of sp³-hybridized carbons (Fsp3) is 0.130. The number of ether oxygens (including phenoxy) is 2. The Morgan fingerprint density at radius 2 is 1.38 bits per heavy atom. The average Bonchev–Trinajstić information content (AvgIpc) is 3.00. The average molecular weight is 360 g/mol. The van der Waals surface area contributed by atoms with Crippen molar-refractivity contribution >= 4 is 21.4 Å². The molecule has 0 bridgehead atoms. The number of aryl methyl sites for hydroxylation is 2. The molecule has 0 N–H and O–H groups in total. The molecule has 0 unspecified atom stereocenters. The Morgan fingerprint density at radius 3 is 2.08 bits per heavy atom. The van der Waals surface area contributed by atoms with Gasteiger partial charge in [-0.15, -0.1) is 11.3 Å². The molecule has 4 rings (SSSR count). The molecule has 1 heterocycles. The molecule has 0 aliphatic heterocycles. The van der Waals surface area contributed by atoms with E-state index in [0.717, 1.165) is 27.5 Å². The third kappa shape index (κ3) is 3.18. The number of methoxy groups -OCH3 is 1. The molecule has 0 spiro atoms. The van der Waals surface area contributed by atoms with Gasteiger partial charge in [0, 0.05) is 10.1 Å². The third-order valence-electron chi connectivity index (χ3n) is 4.39. The van der Waals surface area contributed by atoms with E-state index in [1.165, 1.54) is 21.4 Å². The number of hydrogen-bond donors (Lipinski definition) is 0. The van der Waals surface area contributed by atoms with Crippen molar-refractivity contribution in [1.82, 2.24) is 0 Å². The zero-order valence-electron chi connectivity index (χ0n) is 15.1. The first-order chi connectivity index (χ1) is 12.6. The predicted molar refractivity (Wildman–Crippen MR) is 110 cm³/mol. The van der Waals surface area contributed by atoms with E-state index in [9.17, 15) is 0 Å². The summed E-state index contributed by atoms with van der Waals surface area (Å²) in [4.78, 5) is 1.15. The van der Waals surface area contributed by atoms with E-state index in [1.54, 1.807) is 18.4 Å². The number of rotatable bonds is 4. The van der Waals surface area contributed by atoms with Gasteiger partial charge < -0.3 is 9.47 Å². The summed E-state index contributed by atoms with van der Waals surface area (Å²) in [6.07, 6.45) is 0. The normalized spacial score (nSPS) is 10.9. The molecule has 3 aromatic carbocycles. The quantitative estimate of drug-likeness (QED) is 0.390. The van der Waals surface area contributed by atoms with Crippen LogP contribution in [0.15, 0.2) is 66.7 Å². The van der Waals surface area contributed by atoms with Gasteiger partial charge in [-0.25, -0.2) is 0 Å². The molecule has 2 nitrogen and oxygen atoms in total. The summed E-state index contributed by atoms with van der Waals surface area (Å²) in [5.74, 6) is 2.54. The monoisotopic (exact) mass is 360 g/mol. The summed E-state index contributed by atoms with van der Waals surface area (Å²) in [7, 11) is 1.67. The van der Waals surface area contributed by atoms with Crippen molar-refractivity contribution in [3.05, 3.63) is 77.9 Å². The lowest BCUT2D eigenvalue weighted by Gasteiger charge is -2.09. The highest BCUT2D eigenvalue weighted by atomic mass is 32.1. The van der Waals surface area contributed by atoms with Crippen LogP contribution in [0.4, 0.5) is 0 Å². The third-order valence-corrected chi connectivity index (χ3v) is 5.58. The summed E-state index contributed by atoms with van der Waals surface area (Å²) in [6, 6.07) is 22.8. The van der Waals surface area contributed by atoms with Gasteiger partial charge >= 0.3 is 0 Å². The molecular formula is C23H20O2S. The summed E-state index contributed by atoms with van der Waals surface area (Å²) < 4.78 is 12.8. The van der Waals surface area contributed by atoms with Crippen molar-refractivity contribution < 1.29 is 9.47 Å². The van der Waals surface area contributed by atoms with Gasteiger partial charge in [-0.05, 0) is 61.4 Å². The fourth-order valence-electron chi connectivity index (χ4n) is 2.94. The molecule has 0 atom stereocenters. The van der Waals surface area contributed by atoms with Crippen LogP contribution in [0.2, 0.25) is 0 Å². The molecule has 3 heteroatoms. The minimum atomic E-state index is 0.805. The van der Waals surface area contributed by atoms with Crippen LogP contribution in [0, 0.1) is 13.8 Å². The van der Waals surface area contributed by atoms with Crippen molar-refractivity contribution in [3.63, 3.8) is 0 Å². The van der Waals surface area contributed by atoms with Crippen molar-refractivity contribution in [2.45, 2.75) is 13.8 Å². The van der Waals surface area contributed by atoms with Crippen LogP contribution in [0.5, 0.6) is 17.2 Å². The maximum atomic E-state index is 6.34. The zero-order chi connectivity index (χ0) is 18.1. The van der Waals surface area contributed by atoms with E-state index < -0.39 is 0 Å². The first-order valence-electron chi connectivity index (χ1n) is 8.56. The summed E-state index contributed by atoms with van der Waals surface area (Å²) in [6.45, 7) is 4.22. The second kappa shape index (κ2) is 6.85. The number of benzene rings is 3. The second-order valence-electron chi connectivity index (χ2n) is 6.40. The van der Waals surface area contributed by atoms with Crippen LogP contribution in [0.25, 0.3) is 20.5 Å². The Kier molecular flexibility index (Phi) is 4.39. The zero-order valence-corrected chi connectivity index (χ0v) is 15.9. The lowest BCUT2D eigenvalue weighted by molar-refractivity contribution is 0.413. The second-order valence-corrected chi connectivity index (χ2v) is 7.46.